The van der Waals surface area contributed by atoms with Crippen molar-refractivity contribution in [3.05, 3.63) is 60.3 Å². The third-order valence-electron chi connectivity index (χ3n) is 6.16. The Morgan fingerprint density at radius 2 is 1.76 bits per heavy atom. The molecule has 0 amide bonds. The molecule has 178 valence electrons. The van der Waals surface area contributed by atoms with Gasteiger partial charge in [0.15, 0.2) is 0 Å². The number of hydrogen-bond acceptors (Lipinski definition) is 5. The van der Waals surface area contributed by atoms with Gasteiger partial charge in [-0.25, -0.2) is 21.6 Å². The van der Waals surface area contributed by atoms with Gasteiger partial charge in [0.2, 0.25) is 20.0 Å². The van der Waals surface area contributed by atoms with E-state index >= 15 is 0 Å². The Hall–Kier alpha value is -2.40. The fourth-order valence-corrected chi connectivity index (χ4v) is 7.03. The van der Waals surface area contributed by atoms with Crippen LogP contribution in [0.15, 0.2) is 59.6 Å². The summed E-state index contributed by atoms with van der Waals surface area (Å²) >= 11 is 0. The van der Waals surface area contributed by atoms with E-state index in [-0.39, 0.29) is 23.2 Å². The third kappa shape index (κ3) is 4.79. The van der Waals surface area contributed by atoms with Gasteiger partial charge in [-0.3, -0.25) is 4.31 Å². The molecule has 1 atom stereocenters. The lowest BCUT2D eigenvalue weighted by Crippen LogP contribution is -2.37. The van der Waals surface area contributed by atoms with Gasteiger partial charge in [-0.15, -0.1) is 0 Å². The number of aryl methyl sites for hydroxylation is 1. The van der Waals surface area contributed by atoms with Crippen molar-refractivity contribution in [2.24, 2.45) is 7.05 Å². The number of likely N-dealkylation sites (N-methyl/N-ethyl adjacent to an activating group) is 1. The monoisotopic (exact) mass is 490 g/mol. The van der Waals surface area contributed by atoms with Gasteiger partial charge in [-0.2, -0.15) is 0 Å². The van der Waals surface area contributed by atoms with Gasteiger partial charge in [0.25, 0.3) is 0 Å². The van der Waals surface area contributed by atoms with Crippen LogP contribution in [0.1, 0.15) is 24.4 Å². The highest BCUT2D eigenvalue weighted by molar-refractivity contribution is 7.92. The molecule has 1 aromatic heterocycles. The molecule has 4 rings (SSSR count). The zero-order chi connectivity index (χ0) is 23.8. The largest absolute Gasteiger partial charge is 0.350 e. The summed E-state index contributed by atoms with van der Waals surface area (Å²) in [5.41, 5.74) is 2.63. The highest BCUT2D eigenvalue weighted by Crippen LogP contribution is 2.29. The fraction of sp³-hybridized carbons (Fsp3) is 0.391. The summed E-state index contributed by atoms with van der Waals surface area (Å²) in [5, 5.41) is 1.09. The quantitative estimate of drug-likeness (QED) is 0.550. The molecule has 1 aliphatic heterocycles. The van der Waals surface area contributed by atoms with Gasteiger partial charge in [0, 0.05) is 43.3 Å². The van der Waals surface area contributed by atoms with Gasteiger partial charge < -0.3 is 9.47 Å². The average molecular weight is 491 g/mol. The van der Waals surface area contributed by atoms with Gasteiger partial charge >= 0.3 is 0 Å². The molecule has 1 fully saturated rings. The number of hydrogen-bond donors (Lipinski definition) is 1. The maximum atomic E-state index is 13.0. The molecule has 0 unspecified atom stereocenters. The molecule has 1 aliphatic rings. The van der Waals surface area contributed by atoms with Crippen LogP contribution in [0.25, 0.3) is 10.9 Å². The van der Waals surface area contributed by atoms with Crippen LogP contribution in [-0.4, -0.2) is 59.2 Å². The predicted octanol–water partition coefficient (Wildman–Crippen LogP) is 2.69. The van der Waals surface area contributed by atoms with Crippen molar-refractivity contribution in [2.45, 2.75) is 23.8 Å². The summed E-state index contributed by atoms with van der Waals surface area (Å²) in [4.78, 5) is 2.10. The van der Waals surface area contributed by atoms with E-state index in [0.29, 0.717) is 18.7 Å². The molecule has 0 saturated carbocycles. The van der Waals surface area contributed by atoms with Crippen LogP contribution >= 0.6 is 0 Å². The second kappa shape index (κ2) is 9.09. The summed E-state index contributed by atoms with van der Waals surface area (Å²) in [6.07, 6.45) is 3.48. The molecule has 3 aromatic rings. The lowest BCUT2D eigenvalue weighted by atomic mass is 10.1. The van der Waals surface area contributed by atoms with E-state index in [1.807, 2.05) is 61.1 Å². The number of benzene rings is 2. The predicted molar refractivity (Wildman–Crippen MR) is 131 cm³/mol. The summed E-state index contributed by atoms with van der Waals surface area (Å²) in [5.74, 6) is 0.120. The molecular weight excluding hydrogens is 460 g/mol. The molecule has 1 N–H and O–H groups in total. The Labute approximate surface area is 195 Å². The first-order valence-corrected chi connectivity index (χ1v) is 14.0. The van der Waals surface area contributed by atoms with Crippen LogP contribution < -0.4 is 9.03 Å². The molecule has 1 saturated heterocycles. The molecule has 0 spiro atoms. The number of nitrogens with zero attached hydrogens (tertiary/aromatic N) is 3. The fourth-order valence-electron chi connectivity index (χ4n) is 4.35. The zero-order valence-electron chi connectivity index (χ0n) is 19.1. The van der Waals surface area contributed by atoms with Crippen LogP contribution in [-0.2, 0) is 27.1 Å². The Bertz CT molecular complexity index is 1350. The van der Waals surface area contributed by atoms with Crippen molar-refractivity contribution in [3.8, 4) is 0 Å². The Kier molecular flexibility index (Phi) is 6.54. The van der Waals surface area contributed by atoms with E-state index < -0.39 is 20.0 Å². The number of sulfonamides is 2. The van der Waals surface area contributed by atoms with Crippen LogP contribution in [0.2, 0.25) is 0 Å². The smallest absolute Gasteiger partial charge is 0.240 e. The lowest BCUT2D eigenvalue weighted by molar-refractivity contribution is 0.301. The van der Waals surface area contributed by atoms with Crippen LogP contribution in [0, 0.1) is 0 Å². The molecule has 10 heteroatoms. The second-order valence-corrected chi connectivity index (χ2v) is 12.4. The number of anilines is 1. The molecule has 33 heavy (non-hydrogen) atoms. The van der Waals surface area contributed by atoms with Gasteiger partial charge in [-0.1, -0.05) is 18.2 Å². The Balaban J connectivity index is 1.54. The van der Waals surface area contributed by atoms with Gasteiger partial charge in [0.05, 0.1) is 16.3 Å². The van der Waals surface area contributed by atoms with Crippen LogP contribution in [0.5, 0.6) is 0 Å². The number of fused-ring (bicyclic) bond motifs is 1. The van der Waals surface area contributed by atoms with Crippen molar-refractivity contribution in [1.29, 1.82) is 0 Å². The van der Waals surface area contributed by atoms with Gasteiger partial charge in [0.1, 0.15) is 0 Å². The third-order valence-corrected chi connectivity index (χ3v) is 9.47. The van der Waals surface area contributed by atoms with Crippen molar-refractivity contribution in [2.75, 3.05) is 37.2 Å². The van der Waals surface area contributed by atoms with Crippen molar-refractivity contribution in [3.63, 3.8) is 0 Å². The standard InChI is InChI=1S/C23H30N4O4S2/c1-25(2)23(21-17-26(3)22-9-5-4-8-20(21)22)16-24-33(30,31)19-12-10-18(11-13-19)27-14-6-7-15-32(27,28)29/h4-5,8-13,17,23-24H,6-7,14-16H2,1-3H3/t23-/m1/s1. The first kappa shape index (κ1) is 23.7. The van der Waals surface area contributed by atoms with Crippen molar-refractivity contribution in [1.82, 2.24) is 14.2 Å². The van der Waals surface area contributed by atoms with Gasteiger partial charge in [-0.05, 0) is 62.8 Å². The number of nitrogens with one attached hydrogen (secondary N) is 1. The molecular formula is C23H30N4O4S2. The minimum atomic E-state index is -3.77. The Morgan fingerprint density at radius 3 is 2.42 bits per heavy atom. The molecule has 8 nitrogen and oxygen atoms in total. The molecule has 0 radical (unpaired) electrons. The summed E-state index contributed by atoms with van der Waals surface area (Å²) < 4.78 is 56.8. The van der Waals surface area contributed by atoms with E-state index in [4.69, 9.17) is 0 Å². The molecule has 2 aromatic carbocycles. The number of rotatable bonds is 7. The van der Waals surface area contributed by atoms with E-state index in [1.54, 1.807) is 12.1 Å². The van der Waals surface area contributed by atoms with Crippen LogP contribution in [0.4, 0.5) is 5.69 Å². The lowest BCUT2D eigenvalue weighted by Gasteiger charge is -2.28. The maximum absolute atomic E-state index is 13.0. The van der Waals surface area contributed by atoms with Crippen molar-refractivity contribution < 1.29 is 16.8 Å². The van der Waals surface area contributed by atoms with E-state index in [9.17, 15) is 16.8 Å². The minimum Gasteiger partial charge on any atom is -0.350 e. The highest BCUT2D eigenvalue weighted by atomic mass is 32.2. The first-order chi connectivity index (χ1) is 15.6. The van der Waals surface area contributed by atoms with Crippen molar-refractivity contribution >= 4 is 36.6 Å². The average Bonchev–Trinajstić information content (AvgIpc) is 3.10. The topological polar surface area (TPSA) is 91.7 Å². The summed E-state index contributed by atoms with van der Waals surface area (Å²) in [6.45, 7) is 0.619. The second-order valence-electron chi connectivity index (χ2n) is 8.63. The zero-order valence-corrected chi connectivity index (χ0v) is 20.7. The van der Waals surface area contributed by atoms with Crippen LogP contribution in [0.3, 0.4) is 0 Å². The van der Waals surface area contributed by atoms with E-state index in [0.717, 1.165) is 22.9 Å². The molecule has 0 aliphatic carbocycles. The number of para-hydroxylation sites is 1. The van der Waals surface area contributed by atoms with E-state index in [1.165, 1.54) is 16.4 Å². The normalized spacial score (nSPS) is 17.5. The minimum absolute atomic E-state index is 0.107. The molecule has 2 heterocycles. The molecule has 0 bridgehead atoms. The maximum Gasteiger partial charge on any atom is 0.240 e. The first-order valence-electron chi connectivity index (χ1n) is 10.9. The number of aromatic nitrogens is 1. The SMILES string of the molecule is CN(C)[C@H](CNS(=O)(=O)c1ccc(N2CCCCS2(=O)=O)cc1)c1cn(C)c2ccccc12. The summed E-state index contributed by atoms with van der Waals surface area (Å²) in [6, 6.07) is 13.9. The highest BCUT2D eigenvalue weighted by Gasteiger charge is 2.27. The summed E-state index contributed by atoms with van der Waals surface area (Å²) in [7, 11) is -1.28. The Morgan fingerprint density at radius 1 is 1.06 bits per heavy atom. The van der Waals surface area contributed by atoms with E-state index in [2.05, 4.69) is 4.72 Å².